The number of benzene rings is 3. The highest BCUT2D eigenvalue weighted by Gasteiger charge is 2.45. The van der Waals surface area contributed by atoms with Crippen molar-refractivity contribution in [3.63, 3.8) is 0 Å². The second-order valence-electron chi connectivity index (χ2n) is 11.1. The van der Waals surface area contributed by atoms with Crippen LogP contribution in [0.2, 0.25) is 0 Å². The maximum Gasteiger partial charge on any atom is 0.412 e. The summed E-state index contributed by atoms with van der Waals surface area (Å²) in [7, 11) is 0. The number of thioether (sulfide) groups is 2. The molecule has 0 bridgehead atoms. The molecule has 4 amide bonds. The smallest absolute Gasteiger partial charge is 0.412 e. The molecule has 274 valence electrons. The van der Waals surface area contributed by atoms with Gasteiger partial charge in [-0.15, -0.1) is 0 Å². The van der Waals surface area contributed by atoms with Gasteiger partial charge in [-0.05, 0) is 29.7 Å². The number of aryl methyl sites for hydroxylation is 1. The number of amides is 4. The fourth-order valence-corrected chi connectivity index (χ4v) is 7.70. The summed E-state index contributed by atoms with van der Waals surface area (Å²) in [5.74, 6) is -2.20. The van der Waals surface area contributed by atoms with Crippen molar-refractivity contribution >= 4 is 59.5 Å². The summed E-state index contributed by atoms with van der Waals surface area (Å²) >= 11 is 2.05. The van der Waals surface area contributed by atoms with Gasteiger partial charge in [-0.25, -0.2) is 29.2 Å². The Morgan fingerprint density at radius 3 is 1.68 bits per heavy atom. The molecule has 3 aromatic rings. The first-order valence-corrected chi connectivity index (χ1v) is 17.7. The lowest BCUT2D eigenvalue weighted by atomic mass is 10.2. The van der Waals surface area contributed by atoms with E-state index in [1.54, 1.807) is 6.92 Å². The zero-order valence-corrected chi connectivity index (χ0v) is 30.1. The van der Waals surface area contributed by atoms with Gasteiger partial charge in [0.1, 0.15) is 24.5 Å². The van der Waals surface area contributed by atoms with E-state index >= 15 is 0 Å². The number of carbonyl (C=O) groups excluding carboxylic acids is 6. The first-order valence-electron chi connectivity index (χ1n) is 16.1. The molecule has 1 fully saturated rings. The molecule has 14 nitrogen and oxygen atoms in total. The van der Waals surface area contributed by atoms with E-state index in [1.807, 2.05) is 60.7 Å². The number of hydrogen-bond acceptors (Lipinski definition) is 12. The van der Waals surface area contributed by atoms with E-state index in [0.29, 0.717) is 15.4 Å². The number of hydrazine groups is 1. The number of esters is 2. The molecule has 0 unspecified atom stereocenters. The average molecular weight is 759 g/mol. The molecule has 0 aliphatic carbocycles. The summed E-state index contributed by atoms with van der Waals surface area (Å²) < 4.78 is 21.4. The predicted octanol–water partition coefficient (Wildman–Crippen LogP) is 5.03. The van der Waals surface area contributed by atoms with Gasteiger partial charge in [0.15, 0.2) is 5.75 Å². The number of nitrogens with one attached hydrogen (secondary N) is 2. The highest BCUT2D eigenvalue weighted by molar-refractivity contribution is 8.25. The first-order chi connectivity index (χ1) is 25.6. The van der Waals surface area contributed by atoms with Crippen molar-refractivity contribution in [1.82, 2.24) is 20.7 Å². The summed E-state index contributed by atoms with van der Waals surface area (Å²) in [6.07, 6.45) is 0.252. The number of ether oxygens (including phenoxy) is 4. The van der Waals surface area contributed by atoms with Crippen LogP contribution in [0.1, 0.15) is 16.7 Å². The molecule has 0 radical (unpaired) electrons. The molecule has 3 aromatic carbocycles. The van der Waals surface area contributed by atoms with Gasteiger partial charge in [0.25, 0.3) is 11.8 Å². The molecule has 2 aliphatic rings. The minimum Gasteiger partial charge on any atom is -0.461 e. The van der Waals surface area contributed by atoms with E-state index in [9.17, 15) is 28.8 Å². The van der Waals surface area contributed by atoms with Crippen LogP contribution in [0, 0.1) is 6.92 Å². The summed E-state index contributed by atoms with van der Waals surface area (Å²) in [5, 5.41) is 7.78. The van der Waals surface area contributed by atoms with Crippen LogP contribution in [0.4, 0.5) is 9.59 Å². The largest absolute Gasteiger partial charge is 0.461 e. The Kier molecular flexibility index (Phi) is 13.0. The van der Waals surface area contributed by atoms with Crippen molar-refractivity contribution in [3.05, 3.63) is 119 Å². The fraction of sp³-hybridized carbons (Fsp3) is 0.189. The highest BCUT2D eigenvalue weighted by atomic mass is 32.2. The summed E-state index contributed by atoms with van der Waals surface area (Å²) in [4.78, 5) is 77.4. The Morgan fingerprint density at radius 1 is 0.717 bits per heavy atom. The molecule has 2 aliphatic heterocycles. The number of nitrogens with zero attached hydrogens (tertiary/aromatic N) is 2. The zero-order valence-electron chi connectivity index (χ0n) is 28.5. The molecular weight excluding hydrogens is 725 g/mol. The van der Waals surface area contributed by atoms with E-state index in [4.69, 9.17) is 18.9 Å². The van der Waals surface area contributed by atoms with Crippen molar-refractivity contribution in [3.8, 4) is 11.5 Å². The minimum atomic E-state index is -0.871. The lowest BCUT2D eigenvalue weighted by molar-refractivity contribution is -0.149. The van der Waals surface area contributed by atoms with Gasteiger partial charge in [0, 0.05) is 12.2 Å². The molecule has 0 spiro atoms. The van der Waals surface area contributed by atoms with Crippen LogP contribution in [0.15, 0.2) is 112 Å². The minimum absolute atomic E-state index is 0.0577. The fourth-order valence-electron chi connectivity index (χ4n) is 4.98. The molecule has 2 N–H and O–H groups in total. The molecule has 5 rings (SSSR count). The Bertz CT molecular complexity index is 1910. The third-order valence-corrected chi connectivity index (χ3v) is 10.0. The lowest BCUT2D eigenvalue weighted by Crippen LogP contribution is -2.39. The maximum absolute atomic E-state index is 14.2. The van der Waals surface area contributed by atoms with Crippen LogP contribution in [0.3, 0.4) is 0 Å². The highest BCUT2D eigenvalue weighted by Crippen LogP contribution is 2.60. The van der Waals surface area contributed by atoms with Crippen LogP contribution >= 0.6 is 23.5 Å². The molecule has 0 aromatic heterocycles. The number of fused-ring (bicyclic) bond motifs is 1. The molecule has 16 heteroatoms. The summed E-state index contributed by atoms with van der Waals surface area (Å²) in [6.45, 7) is 8.14. The van der Waals surface area contributed by atoms with E-state index in [2.05, 4.69) is 23.8 Å². The molecule has 2 heterocycles. The SMILES string of the molecule is C=CC(=O)OCCNC(=O)Oc1cc(C)c(OC(=O)NCCOC(=O)C=C)c2c1SC(=C1C(=O)N(Cc3ccccc3)N(Cc3ccccc3)C1=O)S2. The van der Waals surface area contributed by atoms with Crippen LogP contribution in [-0.4, -0.2) is 72.3 Å². The van der Waals surface area contributed by atoms with Gasteiger partial charge >= 0.3 is 24.1 Å². The zero-order chi connectivity index (χ0) is 37.9. The molecule has 53 heavy (non-hydrogen) atoms. The van der Waals surface area contributed by atoms with Crippen molar-refractivity contribution in [1.29, 1.82) is 0 Å². The van der Waals surface area contributed by atoms with Crippen molar-refractivity contribution < 1.29 is 47.7 Å². The lowest BCUT2D eigenvalue weighted by Gasteiger charge is -2.27. The van der Waals surface area contributed by atoms with E-state index in [0.717, 1.165) is 46.8 Å². The third-order valence-electron chi connectivity index (χ3n) is 7.44. The summed E-state index contributed by atoms with van der Waals surface area (Å²) in [5.41, 5.74) is 1.91. The van der Waals surface area contributed by atoms with Gasteiger partial charge in [-0.3, -0.25) is 9.59 Å². The molecule has 1 saturated heterocycles. The van der Waals surface area contributed by atoms with Gasteiger partial charge in [-0.2, -0.15) is 0 Å². The number of rotatable bonds is 14. The number of carbonyl (C=O) groups is 6. The van der Waals surface area contributed by atoms with E-state index in [1.165, 1.54) is 16.1 Å². The third kappa shape index (κ3) is 9.66. The normalized spacial score (nSPS) is 13.3. The van der Waals surface area contributed by atoms with Crippen molar-refractivity contribution in [2.45, 2.75) is 29.8 Å². The van der Waals surface area contributed by atoms with Crippen LogP contribution in [0.25, 0.3) is 0 Å². The van der Waals surface area contributed by atoms with Crippen molar-refractivity contribution in [2.24, 2.45) is 0 Å². The molecule has 0 saturated carbocycles. The quantitative estimate of drug-likeness (QED) is 0.0976. The predicted molar refractivity (Wildman–Crippen MR) is 194 cm³/mol. The van der Waals surface area contributed by atoms with Gasteiger partial charge < -0.3 is 29.6 Å². The summed E-state index contributed by atoms with van der Waals surface area (Å²) in [6, 6.07) is 20.0. The Labute approximate surface area is 313 Å². The van der Waals surface area contributed by atoms with E-state index in [-0.39, 0.29) is 60.7 Å². The van der Waals surface area contributed by atoms with Crippen LogP contribution < -0.4 is 20.1 Å². The average Bonchev–Trinajstić information content (AvgIpc) is 3.69. The van der Waals surface area contributed by atoms with Crippen LogP contribution in [0.5, 0.6) is 11.5 Å². The van der Waals surface area contributed by atoms with Gasteiger partial charge in [0.2, 0.25) is 0 Å². The first kappa shape index (κ1) is 38.2. The van der Waals surface area contributed by atoms with Gasteiger partial charge in [-0.1, -0.05) is 97.3 Å². The topological polar surface area (TPSA) is 170 Å². The van der Waals surface area contributed by atoms with Crippen molar-refractivity contribution in [2.75, 3.05) is 26.3 Å². The molecule has 0 atom stereocenters. The Balaban J connectivity index is 1.46. The monoisotopic (exact) mass is 758 g/mol. The molecular formula is C37H34N4O10S2. The standard InChI is InChI=1S/C37H34N4O10S2/c1-4-27(42)48-18-16-38-36(46)50-26-20-23(3)30(51-37(47)39-17-19-49-28(43)5-2)32-31(26)52-35(53-32)29-33(44)40(21-24-12-8-6-9-13-24)41(34(29)45)22-25-14-10-7-11-15-25/h4-15,20H,1-2,16-19,21-22H2,3H3,(H,38,46)(H,39,47). The van der Waals surface area contributed by atoms with E-state index < -0.39 is 35.9 Å². The number of hydrogen-bond donors (Lipinski definition) is 2. The van der Waals surface area contributed by atoms with Crippen LogP contribution in [-0.2, 0) is 41.7 Å². The second-order valence-corrected chi connectivity index (χ2v) is 13.4. The Hall–Kier alpha value is -6.00. The Morgan fingerprint density at radius 2 is 1.19 bits per heavy atom. The second kappa shape index (κ2) is 18.0. The maximum atomic E-state index is 14.2. The van der Waals surface area contributed by atoms with Gasteiger partial charge in [0.05, 0.1) is 40.2 Å².